The van der Waals surface area contributed by atoms with E-state index in [4.69, 9.17) is 0 Å². The first-order valence-electron chi connectivity index (χ1n) is 6.67. The van der Waals surface area contributed by atoms with Crippen molar-refractivity contribution < 1.29 is 5.11 Å². The maximum absolute atomic E-state index is 9.42. The fourth-order valence-electron chi connectivity index (χ4n) is 2.17. The van der Waals surface area contributed by atoms with Crippen molar-refractivity contribution in [2.45, 2.75) is 43.4 Å². The normalized spacial score (nSPS) is 14.8. The highest BCUT2D eigenvalue weighted by atomic mass is 32.2. The minimum atomic E-state index is 0.227. The molecule has 0 saturated carbocycles. The van der Waals surface area contributed by atoms with Crippen LogP contribution in [0.1, 0.15) is 38.8 Å². The highest BCUT2D eigenvalue weighted by Crippen LogP contribution is 2.28. The lowest BCUT2D eigenvalue weighted by atomic mass is 9.92. The van der Waals surface area contributed by atoms with E-state index in [1.807, 2.05) is 18.8 Å². The summed E-state index contributed by atoms with van der Waals surface area (Å²) in [4.78, 5) is 1.31. The van der Waals surface area contributed by atoms with Gasteiger partial charge < -0.3 is 10.4 Å². The van der Waals surface area contributed by atoms with E-state index < -0.39 is 0 Å². The largest absolute Gasteiger partial charge is 0.396 e. The van der Waals surface area contributed by atoms with Crippen LogP contribution in [0.3, 0.4) is 0 Å². The molecule has 0 spiro atoms. The van der Waals surface area contributed by atoms with Gasteiger partial charge in [-0.2, -0.15) is 0 Å². The van der Waals surface area contributed by atoms with Crippen LogP contribution in [0.15, 0.2) is 29.2 Å². The third kappa shape index (κ3) is 4.30. The van der Waals surface area contributed by atoms with Crippen LogP contribution in [0.5, 0.6) is 0 Å². The van der Waals surface area contributed by atoms with Gasteiger partial charge >= 0.3 is 0 Å². The van der Waals surface area contributed by atoms with Crippen LogP contribution < -0.4 is 5.32 Å². The smallest absolute Gasteiger partial charge is 0.0477 e. The summed E-state index contributed by atoms with van der Waals surface area (Å²) < 4.78 is 0. The van der Waals surface area contributed by atoms with Gasteiger partial charge in [-0.1, -0.05) is 32.9 Å². The van der Waals surface area contributed by atoms with Gasteiger partial charge in [0.05, 0.1) is 0 Å². The van der Waals surface area contributed by atoms with Gasteiger partial charge in [0.15, 0.2) is 0 Å². The number of nitrogens with one attached hydrogen (secondary N) is 1. The minimum absolute atomic E-state index is 0.227. The summed E-state index contributed by atoms with van der Waals surface area (Å²) in [5, 5.41) is 13.3. The molecular weight excluding hydrogens is 242 g/mol. The van der Waals surface area contributed by atoms with Gasteiger partial charge in [-0.25, -0.2) is 0 Å². The number of hydrogen-bond donors (Lipinski definition) is 2. The Morgan fingerprint density at radius 3 is 2.22 bits per heavy atom. The Bertz CT molecular complexity index is 333. The average Bonchev–Trinajstić information content (AvgIpc) is 2.36. The summed E-state index contributed by atoms with van der Waals surface area (Å²) in [6.45, 7) is 6.75. The maximum Gasteiger partial charge on any atom is 0.0477 e. The van der Waals surface area contributed by atoms with Gasteiger partial charge in [0.2, 0.25) is 0 Å². The minimum Gasteiger partial charge on any atom is -0.396 e. The van der Waals surface area contributed by atoms with Crippen LogP contribution in [-0.4, -0.2) is 24.0 Å². The monoisotopic (exact) mass is 267 g/mol. The zero-order valence-electron chi connectivity index (χ0n) is 11.8. The number of aliphatic hydroxyl groups excluding tert-OH is 1. The summed E-state index contributed by atoms with van der Waals surface area (Å²) in [5.41, 5.74) is 1.26. The molecule has 1 aromatic rings. The first kappa shape index (κ1) is 15.5. The van der Waals surface area contributed by atoms with Crippen LogP contribution in [0.25, 0.3) is 0 Å². The van der Waals surface area contributed by atoms with Crippen LogP contribution >= 0.6 is 11.8 Å². The summed E-state index contributed by atoms with van der Waals surface area (Å²) in [7, 11) is 1.96. The molecule has 0 aliphatic carbocycles. The van der Waals surface area contributed by atoms with E-state index in [9.17, 15) is 5.11 Å². The number of benzene rings is 1. The van der Waals surface area contributed by atoms with Gasteiger partial charge in [-0.05, 0) is 31.2 Å². The average molecular weight is 267 g/mol. The number of aliphatic hydroxyl groups is 1. The van der Waals surface area contributed by atoms with E-state index >= 15 is 0 Å². The molecule has 2 unspecified atom stereocenters. The molecule has 0 amide bonds. The molecule has 0 aliphatic heterocycles. The number of rotatable bonds is 7. The third-order valence-corrected chi connectivity index (χ3v) is 4.17. The zero-order chi connectivity index (χ0) is 13.5. The summed E-state index contributed by atoms with van der Waals surface area (Å²) >= 11 is 1.88. The number of thioether (sulfide) groups is 1. The Kier molecular flexibility index (Phi) is 6.76. The molecule has 1 aromatic carbocycles. The topological polar surface area (TPSA) is 32.3 Å². The predicted octanol–water partition coefficient (Wildman–Crippen LogP) is 3.47. The summed E-state index contributed by atoms with van der Waals surface area (Å²) in [5.74, 6) is 0.276. The van der Waals surface area contributed by atoms with E-state index in [0.717, 1.165) is 6.42 Å². The van der Waals surface area contributed by atoms with Crippen molar-refractivity contribution in [1.82, 2.24) is 5.32 Å². The Balaban J connectivity index is 2.81. The summed E-state index contributed by atoms with van der Waals surface area (Å²) in [6, 6.07) is 8.93. The molecule has 0 heterocycles. The lowest BCUT2D eigenvalue weighted by Crippen LogP contribution is -2.27. The van der Waals surface area contributed by atoms with Crippen LogP contribution in [0.4, 0.5) is 0 Å². The van der Waals surface area contributed by atoms with Crippen molar-refractivity contribution in [1.29, 1.82) is 0 Å². The molecule has 0 bridgehead atoms. The molecule has 3 heteroatoms. The first-order chi connectivity index (χ1) is 8.62. The molecule has 0 aromatic heterocycles. The fraction of sp³-hybridized carbons (Fsp3) is 0.600. The second-order valence-electron chi connectivity index (χ2n) is 4.85. The lowest BCUT2D eigenvalue weighted by molar-refractivity contribution is 0.189. The summed E-state index contributed by atoms with van der Waals surface area (Å²) in [6.07, 6.45) is 0.977. The molecule has 0 aliphatic rings. The van der Waals surface area contributed by atoms with Crippen molar-refractivity contribution in [3.63, 3.8) is 0 Å². The lowest BCUT2D eigenvalue weighted by Gasteiger charge is -2.24. The number of hydrogen-bond acceptors (Lipinski definition) is 3. The van der Waals surface area contributed by atoms with Crippen LogP contribution in [0, 0.1) is 5.92 Å². The Labute approximate surface area is 115 Å². The van der Waals surface area contributed by atoms with Gasteiger partial charge in [0.1, 0.15) is 0 Å². The molecule has 2 nitrogen and oxygen atoms in total. The predicted molar refractivity (Wildman–Crippen MR) is 80.1 cm³/mol. The third-order valence-electron chi connectivity index (χ3n) is 3.15. The highest BCUT2D eigenvalue weighted by Gasteiger charge is 2.19. The second-order valence-corrected chi connectivity index (χ2v) is 6.50. The maximum atomic E-state index is 9.42. The Morgan fingerprint density at radius 1 is 1.22 bits per heavy atom. The molecule has 1 rings (SSSR count). The molecule has 18 heavy (non-hydrogen) atoms. The quantitative estimate of drug-likeness (QED) is 0.742. The molecule has 102 valence electrons. The highest BCUT2D eigenvalue weighted by molar-refractivity contribution is 7.99. The van der Waals surface area contributed by atoms with Crippen LogP contribution in [-0.2, 0) is 0 Å². The SMILES string of the molecule is CCC(CO)C(NC)c1ccc(SC(C)C)cc1. The van der Waals surface area contributed by atoms with E-state index in [-0.39, 0.29) is 18.6 Å². The molecule has 2 N–H and O–H groups in total. The van der Waals surface area contributed by atoms with Gasteiger partial charge in [-0.3, -0.25) is 0 Å². The Hall–Kier alpha value is -0.510. The molecular formula is C15H25NOS. The zero-order valence-corrected chi connectivity index (χ0v) is 12.6. The van der Waals surface area contributed by atoms with Crippen LogP contribution in [0.2, 0.25) is 0 Å². The van der Waals surface area contributed by atoms with Gasteiger partial charge in [-0.15, -0.1) is 11.8 Å². The van der Waals surface area contributed by atoms with Gasteiger partial charge in [0, 0.05) is 28.7 Å². The molecule has 0 radical (unpaired) electrons. The van der Waals surface area contributed by atoms with Crippen molar-refractivity contribution in [3.8, 4) is 0 Å². The molecule has 0 fully saturated rings. The van der Waals surface area contributed by atoms with E-state index in [2.05, 4.69) is 50.4 Å². The van der Waals surface area contributed by atoms with Crippen molar-refractivity contribution in [3.05, 3.63) is 29.8 Å². The first-order valence-corrected chi connectivity index (χ1v) is 7.55. The molecule has 2 atom stereocenters. The fourth-order valence-corrected chi connectivity index (χ4v) is 3.01. The Morgan fingerprint density at radius 2 is 1.83 bits per heavy atom. The van der Waals surface area contributed by atoms with Crippen molar-refractivity contribution in [2.24, 2.45) is 5.92 Å². The van der Waals surface area contributed by atoms with Crippen molar-refractivity contribution >= 4 is 11.8 Å². The van der Waals surface area contributed by atoms with Crippen molar-refractivity contribution in [2.75, 3.05) is 13.7 Å². The van der Waals surface area contributed by atoms with E-state index in [1.54, 1.807) is 0 Å². The van der Waals surface area contributed by atoms with Gasteiger partial charge in [0.25, 0.3) is 0 Å². The van der Waals surface area contributed by atoms with E-state index in [0.29, 0.717) is 5.25 Å². The van der Waals surface area contributed by atoms with E-state index in [1.165, 1.54) is 10.5 Å². The second kappa shape index (κ2) is 7.82. The standard InChI is InChI=1S/C15H25NOS/c1-5-12(10-17)15(16-4)13-6-8-14(9-7-13)18-11(2)3/h6-9,11-12,15-17H,5,10H2,1-4H3. The molecule has 0 saturated heterocycles.